The first-order valence-electron chi connectivity index (χ1n) is 7.51. The lowest BCUT2D eigenvalue weighted by Crippen LogP contribution is -2.18. The van der Waals surface area contributed by atoms with Crippen molar-refractivity contribution in [3.05, 3.63) is 72.6 Å². The van der Waals surface area contributed by atoms with Crippen molar-refractivity contribution in [1.29, 1.82) is 0 Å². The predicted molar refractivity (Wildman–Crippen MR) is 101 cm³/mol. The Bertz CT molecular complexity index is 817. The van der Waals surface area contributed by atoms with Gasteiger partial charge in [-0.15, -0.1) is 0 Å². The van der Waals surface area contributed by atoms with Gasteiger partial charge in [-0.05, 0) is 29.9 Å². The molecule has 3 aromatic rings. The van der Waals surface area contributed by atoms with Gasteiger partial charge < -0.3 is 15.4 Å². The average molecular weight is 338 g/mol. The lowest BCUT2D eigenvalue weighted by molar-refractivity contribution is 0.415. The van der Waals surface area contributed by atoms with Gasteiger partial charge in [0.25, 0.3) is 0 Å². The number of ether oxygens (including phenoxy) is 1. The number of methoxy groups -OCH3 is 1. The molecule has 2 N–H and O–H groups in total. The van der Waals surface area contributed by atoms with Gasteiger partial charge in [-0.1, -0.05) is 36.4 Å². The topological polar surface area (TPSA) is 51.1 Å². The third-order valence-electron chi connectivity index (χ3n) is 3.41. The number of rotatable bonds is 5. The monoisotopic (exact) mass is 338 g/mol. The highest BCUT2D eigenvalue weighted by Crippen LogP contribution is 2.17. The van der Waals surface area contributed by atoms with Crippen molar-refractivity contribution in [3.63, 3.8) is 0 Å². The lowest BCUT2D eigenvalue weighted by Gasteiger charge is -2.10. The van der Waals surface area contributed by atoms with Crippen LogP contribution in [0.3, 0.4) is 0 Å². The number of hydrogen-bond acceptors (Lipinski definition) is 3. The van der Waals surface area contributed by atoms with Gasteiger partial charge in [0, 0.05) is 18.0 Å². The van der Waals surface area contributed by atoms with E-state index in [4.69, 9.17) is 17.0 Å². The molecule has 0 aliphatic carbocycles. The highest BCUT2D eigenvalue weighted by atomic mass is 32.1. The molecule has 122 valence electrons. The molecule has 0 spiro atoms. The second-order valence-electron chi connectivity index (χ2n) is 5.22. The Morgan fingerprint density at radius 2 is 1.88 bits per heavy atom. The normalized spacial score (nSPS) is 10.2. The van der Waals surface area contributed by atoms with Crippen LogP contribution >= 0.6 is 12.2 Å². The molecule has 0 fully saturated rings. The molecule has 1 heterocycles. The number of aromatic nitrogens is 2. The van der Waals surface area contributed by atoms with Crippen LogP contribution in [0.1, 0.15) is 5.56 Å². The van der Waals surface area contributed by atoms with E-state index in [2.05, 4.69) is 27.9 Å². The van der Waals surface area contributed by atoms with Crippen molar-refractivity contribution >= 4 is 28.7 Å². The van der Waals surface area contributed by atoms with Crippen LogP contribution in [0, 0.1) is 0 Å². The van der Waals surface area contributed by atoms with Crippen LogP contribution in [0.15, 0.2) is 67.0 Å². The Labute approximate surface area is 146 Å². The molecule has 0 aliphatic rings. The summed E-state index contributed by atoms with van der Waals surface area (Å²) in [7, 11) is 1.64. The fourth-order valence-electron chi connectivity index (χ4n) is 2.28. The maximum absolute atomic E-state index is 5.34. The molecule has 24 heavy (non-hydrogen) atoms. The summed E-state index contributed by atoms with van der Waals surface area (Å²) in [4.78, 5) is 0. The molecule has 0 saturated heterocycles. The fraction of sp³-hybridized carbons (Fsp3) is 0.111. The summed E-state index contributed by atoms with van der Waals surface area (Å²) in [6.07, 6.45) is 3.68. The summed E-state index contributed by atoms with van der Waals surface area (Å²) >= 11 is 5.34. The van der Waals surface area contributed by atoms with E-state index in [-0.39, 0.29) is 0 Å². The van der Waals surface area contributed by atoms with Crippen molar-refractivity contribution in [1.82, 2.24) is 9.78 Å². The summed E-state index contributed by atoms with van der Waals surface area (Å²) in [6.45, 7) is 0.721. The number of anilines is 2. The molecule has 0 amide bonds. The van der Waals surface area contributed by atoms with Gasteiger partial charge in [0.05, 0.1) is 25.5 Å². The van der Waals surface area contributed by atoms with Gasteiger partial charge in [-0.2, -0.15) is 5.10 Å². The standard InChI is InChI=1S/C18H18N4OS/c1-23-17-9-5-8-15(10-17)20-18(24)21-16-11-19-22(13-16)12-14-6-3-2-4-7-14/h2-11,13H,12H2,1H3,(H2,20,21,24). The number of thiocarbonyl (C=S) groups is 1. The van der Waals surface area contributed by atoms with Crippen molar-refractivity contribution < 1.29 is 4.74 Å². The Kier molecular flexibility index (Phi) is 5.08. The summed E-state index contributed by atoms with van der Waals surface area (Å²) in [5, 5.41) is 11.1. The molecule has 2 aromatic carbocycles. The van der Waals surface area contributed by atoms with Gasteiger partial charge in [0.2, 0.25) is 0 Å². The van der Waals surface area contributed by atoms with Crippen LogP contribution in [0.4, 0.5) is 11.4 Å². The van der Waals surface area contributed by atoms with E-state index in [1.165, 1.54) is 5.56 Å². The van der Waals surface area contributed by atoms with Crippen LogP contribution < -0.4 is 15.4 Å². The van der Waals surface area contributed by atoms with Crippen LogP contribution in [0.25, 0.3) is 0 Å². The quantitative estimate of drug-likeness (QED) is 0.694. The van der Waals surface area contributed by atoms with E-state index in [1.807, 2.05) is 53.3 Å². The van der Waals surface area contributed by atoms with Crippen molar-refractivity contribution in [2.24, 2.45) is 0 Å². The molecular weight excluding hydrogens is 320 g/mol. The zero-order valence-electron chi connectivity index (χ0n) is 13.3. The van der Waals surface area contributed by atoms with E-state index in [0.717, 1.165) is 23.7 Å². The molecule has 0 aliphatic heterocycles. The smallest absolute Gasteiger partial charge is 0.175 e. The van der Waals surface area contributed by atoms with Crippen LogP contribution in [-0.2, 0) is 6.54 Å². The van der Waals surface area contributed by atoms with Crippen molar-refractivity contribution in [2.75, 3.05) is 17.7 Å². The first-order valence-corrected chi connectivity index (χ1v) is 7.92. The molecule has 0 unspecified atom stereocenters. The first-order chi connectivity index (χ1) is 11.7. The second-order valence-corrected chi connectivity index (χ2v) is 5.63. The van der Waals surface area contributed by atoms with Gasteiger partial charge >= 0.3 is 0 Å². The molecule has 3 rings (SSSR count). The van der Waals surface area contributed by atoms with E-state index >= 15 is 0 Å². The maximum atomic E-state index is 5.34. The predicted octanol–water partition coefficient (Wildman–Crippen LogP) is 3.75. The minimum atomic E-state index is 0.502. The fourth-order valence-corrected chi connectivity index (χ4v) is 2.52. The van der Waals surface area contributed by atoms with E-state index in [9.17, 15) is 0 Å². The molecule has 0 saturated carbocycles. The largest absolute Gasteiger partial charge is 0.497 e. The van der Waals surface area contributed by atoms with Gasteiger partial charge in [0.1, 0.15) is 5.75 Å². The first kappa shape index (κ1) is 16.0. The molecule has 1 aromatic heterocycles. The Balaban J connectivity index is 1.58. The number of nitrogens with zero attached hydrogens (tertiary/aromatic N) is 2. The minimum Gasteiger partial charge on any atom is -0.497 e. The van der Waals surface area contributed by atoms with Gasteiger partial charge in [-0.25, -0.2) is 0 Å². The zero-order valence-corrected chi connectivity index (χ0v) is 14.1. The number of hydrogen-bond donors (Lipinski definition) is 2. The molecule has 0 radical (unpaired) electrons. The zero-order chi connectivity index (χ0) is 16.8. The molecule has 0 atom stereocenters. The second kappa shape index (κ2) is 7.61. The summed E-state index contributed by atoms with van der Waals surface area (Å²) in [5.41, 5.74) is 2.90. The van der Waals surface area contributed by atoms with E-state index in [0.29, 0.717) is 5.11 Å². The summed E-state index contributed by atoms with van der Waals surface area (Å²) < 4.78 is 7.06. The highest BCUT2D eigenvalue weighted by molar-refractivity contribution is 7.80. The Morgan fingerprint density at radius 3 is 2.67 bits per heavy atom. The number of benzene rings is 2. The van der Waals surface area contributed by atoms with Crippen LogP contribution in [0.5, 0.6) is 5.75 Å². The van der Waals surface area contributed by atoms with Crippen LogP contribution in [-0.4, -0.2) is 22.0 Å². The molecule has 0 bridgehead atoms. The number of nitrogens with one attached hydrogen (secondary N) is 2. The third kappa shape index (κ3) is 4.33. The summed E-state index contributed by atoms with van der Waals surface area (Å²) in [6, 6.07) is 17.8. The molecule has 5 nitrogen and oxygen atoms in total. The third-order valence-corrected chi connectivity index (χ3v) is 3.61. The summed E-state index contributed by atoms with van der Waals surface area (Å²) in [5.74, 6) is 0.776. The van der Waals surface area contributed by atoms with Crippen molar-refractivity contribution in [2.45, 2.75) is 6.54 Å². The Morgan fingerprint density at radius 1 is 1.08 bits per heavy atom. The van der Waals surface area contributed by atoms with E-state index < -0.39 is 0 Å². The SMILES string of the molecule is COc1cccc(NC(=S)Nc2cnn(Cc3ccccc3)c2)c1. The van der Waals surface area contributed by atoms with Gasteiger partial charge in [-0.3, -0.25) is 4.68 Å². The Hall–Kier alpha value is -2.86. The molecule has 6 heteroatoms. The van der Waals surface area contributed by atoms with Gasteiger partial charge in [0.15, 0.2) is 5.11 Å². The van der Waals surface area contributed by atoms with Crippen LogP contribution in [0.2, 0.25) is 0 Å². The molecular formula is C18H18N4OS. The highest BCUT2D eigenvalue weighted by Gasteiger charge is 2.03. The average Bonchev–Trinajstić information content (AvgIpc) is 3.02. The lowest BCUT2D eigenvalue weighted by atomic mass is 10.2. The van der Waals surface area contributed by atoms with Crippen molar-refractivity contribution in [3.8, 4) is 5.75 Å². The maximum Gasteiger partial charge on any atom is 0.175 e. The minimum absolute atomic E-state index is 0.502. The van der Waals surface area contributed by atoms with E-state index in [1.54, 1.807) is 13.3 Å².